The van der Waals surface area contributed by atoms with Crippen LogP contribution in [-0.2, 0) is 27.7 Å². The Hall–Kier alpha value is -2.64. The highest BCUT2D eigenvalue weighted by atomic mass is 32.2. The molecule has 1 unspecified atom stereocenters. The number of aromatic nitrogens is 1. The van der Waals surface area contributed by atoms with Gasteiger partial charge in [-0.3, -0.25) is 9.69 Å². The summed E-state index contributed by atoms with van der Waals surface area (Å²) >= 11 is 0. The zero-order chi connectivity index (χ0) is 23.7. The smallest absolute Gasteiger partial charge is 0.223 e. The molecule has 3 heterocycles. The molecule has 5 rings (SSSR count). The van der Waals surface area contributed by atoms with Gasteiger partial charge in [0.25, 0.3) is 0 Å². The maximum Gasteiger partial charge on any atom is 0.223 e. The van der Waals surface area contributed by atoms with E-state index in [1.165, 1.54) is 27.7 Å². The van der Waals surface area contributed by atoms with Crippen LogP contribution in [0.2, 0.25) is 0 Å². The van der Waals surface area contributed by atoms with Gasteiger partial charge >= 0.3 is 0 Å². The summed E-state index contributed by atoms with van der Waals surface area (Å²) in [7, 11) is -2.98. The minimum atomic E-state index is -2.98. The quantitative estimate of drug-likeness (QED) is 0.587. The number of hydrogen-bond acceptors (Lipinski definition) is 4. The second-order valence-electron chi connectivity index (χ2n) is 9.93. The van der Waals surface area contributed by atoms with Crippen LogP contribution >= 0.6 is 0 Å². The predicted octanol–water partition coefficient (Wildman–Crippen LogP) is 3.51. The number of carbonyl (C=O) groups excluding carboxylic acids is 1. The second kappa shape index (κ2) is 9.55. The van der Waals surface area contributed by atoms with Crippen LogP contribution in [0, 0.1) is 12.8 Å². The van der Waals surface area contributed by atoms with Crippen LogP contribution in [0.15, 0.2) is 54.6 Å². The summed E-state index contributed by atoms with van der Waals surface area (Å²) in [5, 5.41) is 4.24. The molecule has 0 aliphatic carbocycles. The van der Waals surface area contributed by atoms with Gasteiger partial charge in [0.15, 0.2) is 9.84 Å². The topological polar surface area (TPSA) is 71.4 Å². The summed E-state index contributed by atoms with van der Waals surface area (Å²) in [4.78, 5) is 15.1. The van der Waals surface area contributed by atoms with Crippen molar-refractivity contribution >= 4 is 26.6 Å². The molecular weight excluding hydrogens is 446 g/mol. The van der Waals surface area contributed by atoms with Gasteiger partial charge in [-0.1, -0.05) is 48.0 Å². The first-order valence-electron chi connectivity index (χ1n) is 12.2. The fraction of sp³-hybridized carbons (Fsp3) is 0.444. The number of carbonyl (C=O) groups is 1. The van der Waals surface area contributed by atoms with E-state index >= 15 is 0 Å². The lowest BCUT2D eigenvalue weighted by atomic mass is 9.95. The van der Waals surface area contributed by atoms with E-state index in [2.05, 4.69) is 76.3 Å². The maximum absolute atomic E-state index is 12.7. The number of nitrogens with zero attached hydrogens (tertiary/aromatic N) is 2. The highest BCUT2D eigenvalue weighted by Crippen LogP contribution is 2.25. The number of benzene rings is 2. The Morgan fingerprint density at radius 3 is 2.44 bits per heavy atom. The highest BCUT2D eigenvalue weighted by molar-refractivity contribution is 7.91. The van der Waals surface area contributed by atoms with Crippen molar-refractivity contribution in [1.29, 1.82) is 0 Å². The summed E-state index contributed by atoms with van der Waals surface area (Å²) in [5.41, 5.74) is 5.10. The number of aryl methyl sites for hydroxylation is 1. The molecule has 0 radical (unpaired) electrons. The molecule has 1 N–H and O–H groups in total. The monoisotopic (exact) mass is 479 g/mol. The van der Waals surface area contributed by atoms with E-state index in [0.717, 1.165) is 39.0 Å². The van der Waals surface area contributed by atoms with Crippen molar-refractivity contribution in [2.75, 3.05) is 24.6 Å². The Labute approximate surface area is 201 Å². The van der Waals surface area contributed by atoms with Crippen molar-refractivity contribution < 1.29 is 13.2 Å². The first-order chi connectivity index (χ1) is 16.4. The molecule has 2 aliphatic heterocycles. The lowest BCUT2D eigenvalue weighted by molar-refractivity contribution is -0.127. The van der Waals surface area contributed by atoms with Gasteiger partial charge in [-0.2, -0.15) is 0 Å². The van der Waals surface area contributed by atoms with Crippen molar-refractivity contribution in [2.24, 2.45) is 5.92 Å². The van der Waals surface area contributed by atoms with E-state index in [9.17, 15) is 13.2 Å². The first-order valence-corrected chi connectivity index (χ1v) is 14.0. The van der Waals surface area contributed by atoms with Crippen LogP contribution < -0.4 is 5.32 Å². The molecule has 7 heteroatoms. The number of piperidine rings is 1. The van der Waals surface area contributed by atoms with Crippen LogP contribution in [0.3, 0.4) is 0 Å². The van der Waals surface area contributed by atoms with Gasteiger partial charge in [-0.15, -0.1) is 0 Å². The van der Waals surface area contributed by atoms with Gasteiger partial charge in [0, 0.05) is 36.3 Å². The summed E-state index contributed by atoms with van der Waals surface area (Å²) < 4.78 is 25.8. The Kier molecular flexibility index (Phi) is 6.49. The van der Waals surface area contributed by atoms with E-state index < -0.39 is 9.84 Å². The van der Waals surface area contributed by atoms with Crippen molar-refractivity contribution in [3.63, 3.8) is 0 Å². The fourth-order valence-electron chi connectivity index (χ4n) is 5.27. The molecule has 2 fully saturated rings. The first kappa shape index (κ1) is 23.1. The van der Waals surface area contributed by atoms with E-state index in [0.29, 0.717) is 6.42 Å². The summed E-state index contributed by atoms with van der Waals surface area (Å²) in [6.45, 7) is 5.54. The van der Waals surface area contributed by atoms with Gasteiger partial charge in [0.2, 0.25) is 5.91 Å². The van der Waals surface area contributed by atoms with Crippen LogP contribution in [-0.4, -0.2) is 54.4 Å². The minimum absolute atomic E-state index is 0.0234. The molecule has 3 aromatic rings. The van der Waals surface area contributed by atoms with Crippen LogP contribution in [0.5, 0.6) is 0 Å². The molecule has 0 spiro atoms. The zero-order valence-corrected chi connectivity index (χ0v) is 20.6. The van der Waals surface area contributed by atoms with Crippen LogP contribution in [0.25, 0.3) is 10.9 Å². The normalized spacial score (nSPS) is 21.1. The molecule has 1 atom stereocenters. The fourth-order valence-corrected chi connectivity index (χ4v) is 6.94. The minimum Gasteiger partial charge on any atom is -0.352 e. The Morgan fingerprint density at radius 1 is 1.00 bits per heavy atom. The number of likely N-dealkylation sites (tertiary alicyclic amines) is 1. The van der Waals surface area contributed by atoms with Crippen LogP contribution in [0.4, 0.5) is 0 Å². The highest BCUT2D eigenvalue weighted by Gasteiger charge is 2.32. The number of rotatable bonds is 6. The third-order valence-corrected chi connectivity index (χ3v) is 9.05. The summed E-state index contributed by atoms with van der Waals surface area (Å²) in [5.74, 6) is 0.268. The van der Waals surface area contributed by atoms with Crippen LogP contribution in [0.1, 0.15) is 36.1 Å². The number of amides is 1. The molecule has 6 nitrogen and oxygen atoms in total. The van der Waals surface area contributed by atoms with Gasteiger partial charge in [0.1, 0.15) is 0 Å². The molecule has 180 valence electrons. The Bertz CT molecular complexity index is 1270. The third-order valence-electron chi connectivity index (χ3n) is 7.28. The van der Waals surface area contributed by atoms with Crippen molar-refractivity contribution in [2.45, 2.75) is 45.3 Å². The maximum atomic E-state index is 12.7. The van der Waals surface area contributed by atoms with Crippen molar-refractivity contribution in [1.82, 2.24) is 14.8 Å². The van der Waals surface area contributed by atoms with Crippen molar-refractivity contribution in [3.8, 4) is 0 Å². The average Bonchev–Trinajstić information content (AvgIpc) is 3.34. The van der Waals surface area contributed by atoms with E-state index in [1.807, 2.05) is 0 Å². The van der Waals surface area contributed by atoms with Gasteiger partial charge in [-0.25, -0.2) is 8.42 Å². The molecule has 1 aromatic heterocycles. The molecule has 1 amide bonds. The largest absolute Gasteiger partial charge is 0.352 e. The SMILES string of the molecule is Cc1ccc(Cn2c(CN3CCC(C(=O)NC4CCS(=O)(=O)C4)CC3)cc3ccccc32)cc1. The molecule has 2 aromatic carbocycles. The molecule has 2 aliphatic rings. The number of hydrogen-bond donors (Lipinski definition) is 1. The molecule has 2 saturated heterocycles. The summed E-state index contributed by atoms with van der Waals surface area (Å²) in [6, 6.07) is 19.4. The zero-order valence-electron chi connectivity index (χ0n) is 19.7. The lowest BCUT2D eigenvalue weighted by Gasteiger charge is -2.32. The standard InChI is InChI=1S/C27H33N3O3S/c1-20-6-8-21(9-7-20)17-30-25(16-23-4-2-3-5-26(23)30)18-29-13-10-22(11-14-29)27(31)28-24-12-15-34(32,33)19-24/h2-9,16,22,24H,10-15,17-19H2,1H3,(H,28,31). The number of para-hydroxylation sites is 1. The van der Waals surface area contributed by atoms with E-state index in [1.54, 1.807) is 0 Å². The number of sulfone groups is 1. The van der Waals surface area contributed by atoms with Crippen molar-refractivity contribution in [3.05, 3.63) is 71.4 Å². The Balaban J connectivity index is 1.24. The van der Waals surface area contributed by atoms with Gasteiger partial charge in [-0.05, 0) is 62.4 Å². The van der Waals surface area contributed by atoms with E-state index in [-0.39, 0.29) is 29.4 Å². The summed E-state index contributed by atoms with van der Waals surface area (Å²) in [6.07, 6.45) is 2.16. The lowest BCUT2D eigenvalue weighted by Crippen LogP contribution is -2.44. The predicted molar refractivity (Wildman–Crippen MR) is 135 cm³/mol. The molecule has 0 saturated carbocycles. The molecule has 0 bridgehead atoms. The number of nitrogens with one attached hydrogen (secondary N) is 1. The number of fused-ring (bicyclic) bond motifs is 1. The van der Waals surface area contributed by atoms with E-state index in [4.69, 9.17) is 0 Å². The van der Waals surface area contributed by atoms with Gasteiger partial charge < -0.3 is 9.88 Å². The van der Waals surface area contributed by atoms with Gasteiger partial charge in [0.05, 0.1) is 11.5 Å². The second-order valence-corrected chi connectivity index (χ2v) is 12.2. The third kappa shape index (κ3) is 5.20. The Morgan fingerprint density at radius 2 is 1.74 bits per heavy atom. The average molecular weight is 480 g/mol. The molecular formula is C27H33N3O3S. The molecule has 34 heavy (non-hydrogen) atoms.